The highest BCUT2D eigenvalue weighted by Gasteiger charge is 2.23. The highest BCUT2D eigenvalue weighted by molar-refractivity contribution is 5.32. The van der Waals surface area contributed by atoms with Crippen molar-refractivity contribution in [1.82, 2.24) is 5.32 Å². The van der Waals surface area contributed by atoms with Gasteiger partial charge in [-0.05, 0) is 31.2 Å². The third kappa shape index (κ3) is 2.75. The van der Waals surface area contributed by atoms with Crippen molar-refractivity contribution in [2.45, 2.75) is 33.2 Å². The highest BCUT2D eigenvalue weighted by Crippen LogP contribution is 2.28. The number of halogens is 2. The van der Waals surface area contributed by atoms with E-state index in [2.05, 4.69) is 5.32 Å². The van der Waals surface area contributed by atoms with Crippen molar-refractivity contribution in [2.24, 2.45) is 0 Å². The maximum atomic E-state index is 14.2. The van der Waals surface area contributed by atoms with Gasteiger partial charge in [-0.25, -0.2) is 8.78 Å². The first kappa shape index (κ1) is 14.7. The minimum atomic E-state index is -0.814. The number of furan rings is 1. The Bertz CT molecular complexity index is 592. The van der Waals surface area contributed by atoms with Crippen LogP contribution in [0.25, 0.3) is 0 Å². The monoisotopic (exact) mass is 279 g/mol. The summed E-state index contributed by atoms with van der Waals surface area (Å²) in [6.07, 6.45) is 0.767. The molecule has 2 rings (SSSR count). The number of hydrogen-bond acceptors (Lipinski definition) is 2. The SMILES string of the molecule is CCNC(c1ccc(CC)o1)c1ccc(C)c(F)c1F. The Morgan fingerprint density at radius 1 is 1.10 bits per heavy atom. The van der Waals surface area contributed by atoms with Gasteiger partial charge in [0.05, 0.1) is 6.04 Å². The molecular weight excluding hydrogens is 260 g/mol. The van der Waals surface area contributed by atoms with Gasteiger partial charge in [0.25, 0.3) is 0 Å². The van der Waals surface area contributed by atoms with E-state index in [1.54, 1.807) is 19.1 Å². The molecule has 1 N–H and O–H groups in total. The zero-order valence-electron chi connectivity index (χ0n) is 12.0. The van der Waals surface area contributed by atoms with E-state index >= 15 is 0 Å². The minimum Gasteiger partial charge on any atom is -0.464 e. The van der Waals surface area contributed by atoms with E-state index in [0.717, 1.165) is 12.2 Å². The van der Waals surface area contributed by atoms with Gasteiger partial charge in [0, 0.05) is 12.0 Å². The summed E-state index contributed by atoms with van der Waals surface area (Å²) in [6, 6.07) is 6.39. The fourth-order valence-electron chi connectivity index (χ4n) is 2.19. The van der Waals surface area contributed by atoms with Crippen LogP contribution in [0.3, 0.4) is 0 Å². The Balaban J connectivity index is 2.45. The van der Waals surface area contributed by atoms with Crippen LogP contribution >= 0.6 is 0 Å². The van der Waals surface area contributed by atoms with Crippen LogP contribution in [0.2, 0.25) is 0 Å². The maximum Gasteiger partial charge on any atom is 0.164 e. The number of nitrogens with one attached hydrogen (secondary N) is 1. The predicted octanol–water partition coefficient (Wildman–Crippen LogP) is 4.13. The van der Waals surface area contributed by atoms with Crippen molar-refractivity contribution in [3.63, 3.8) is 0 Å². The molecule has 0 spiro atoms. The normalized spacial score (nSPS) is 12.7. The Kier molecular flexibility index (Phi) is 4.55. The molecule has 0 bridgehead atoms. The average Bonchev–Trinajstić information content (AvgIpc) is 2.92. The van der Waals surface area contributed by atoms with Crippen LogP contribution < -0.4 is 5.32 Å². The third-order valence-electron chi connectivity index (χ3n) is 3.34. The van der Waals surface area contributed by atoms with Gasteiger partial charge in [-0.2, -0.15) is 0 Å². The Morgan fingerprint density at radius 3 is 2.45 bits per heavy atom. The topological polar surface area (TPSA) is 25.2 Å². The summed E-state index contributed by atoms with van der Waals surface area (Å²) < 4.78 is 33.6. The lowest BCUT2D eigenvalue weighted by atomic mass is 10.0. The molecule has 108 valence electrons. The van der Waals surface area contributed by atoms with E-state index in [0.29, 0.717) is 17.9 Å². The van der Waals surface area contributed by atoms with E-state index in [4.69, 9.17) is 4.42 Å². The molecule has 0 fully saturated rings. The summed E-state index contributed by atoms with van der Waals surface area (Å²) in [5.74, 6) is -0.181. The number of hydrogen-bond donors (Lipinski definition) is 1. The zero-order valence-corrected chi connectivity index (χ0v) is 12.0. The van der Waals surface area contributed by atoms with E-state index in [-0.39, 0.29) is 5.56 Å². The zero-order chi connectivity index (χ0) is 14.7. The number of aryl methyl sites for hydroxylation is 2. The Morgan fingerprint density at radius 2 is 1.85 bits per heavy atom. The lowest BCUT2D eigenvalue weighted by molar-refractivity contribution is 0.411. The van der Waals surface area contributed by atoms with Gasteiger partial charge in [0.1, 0.15) is 11.5 Å². The van der Waals surface area contributed by atoms with E-state index in [1.165, 1.54) is 0 Å². The molecule has 1 atom stereocenters. The molecule has 2 nitrogen and oxygen atoms in total. The molecule has 0 amide bonds. The van der Waals surface area contributed by atoms with Crippen LogP contribution in [0.5, 0.6) is 0 Å². The molecular formula is C16H19F2NO. The Labute approximate surface area is 117 Å². The summed E-state index contributed by atoms with van der Waals surface area (Å²) in [4.78, 5) is 0. The standard InChI is InChI=1S/C16H19F2NO/c1-4-11-7-9-13(20-11)16(19-5-2)12-8-6-10(3)14(17)15(12)18/h6-9,16,19H,4-5H2,1-3H3. The molecule has 0 saturated carbocycles. The first-order valence-corrected chi connectivity index (χ1v) is 6.84. The molecule has 1 aromatic heterocycles. The van der Waals surface area contributed by atoms with E-state index < -0.39 is 17.7 Å². The maximum absolute atomic E-state index is 14.2. The van der Waals surface area contributed by atoms with E-state index in [1.807, 2.05) is 26.0 Å². The van der Waals surface area contributed by atoms with Gasteiger partial charge in [-0.1, -0.05) is 26.0 Å². The first-order chi connectivity index (χ1) is 9.58. The quantitative estimate of drug-likeness (QED) is 0.890. The fourth-order valence-corrected chi connectivity index (χ4v) is 2.19. The summed E-state index contributed by atoms with van der Waals surface area (Å²) in [6.45, 7) is 6.07. The van der Waals surface area contributed by atoms with Gasteiger partial charge >= 0.3 is 0 Å². The van der Waals surface area contributed by atoms with Crippen LogP contribution in [-0.2, 0) is 6.42 Å². The molecule has 1 unspecified atom stereocenters. The average molecular weight is 279 g/mol. The van der Waals surface area contributed by atoms with Gasteiger partial charge in [-0.3, -0.25) is 0 Å². The molecule has 0 aliphatic carbocycles. The molecule has 0 saturated heterocycles. The largest absolute Gasteiger partial charge is 0.464 e. The summed E-state index contributed by atoms with van der Waals surface area (Å²) >= 11 is 0. The van der Waals surface area contributed by atoms with Gasteiger partial charge in [-0.15, -0.1) is 0 Å². The molecule has 1 aromatic carbocycles. The molecule has 2 aromatic rings. The van der Waals surface area contributed by atoms with Crippen LogP contribution in [0.1, 0.15) is 42.5 Å². The summed E-state index contributed by atoms with van der Waals surface area (Å²) in [7, 11) is 0. The summed E-state index contributed by atoms with van der Waals surface area (Å²) in [5.41, 5.74) is 0.571. The van der Waals surface area contributed by atoms with Gasteiger partial charge in [0.2, 0.25) is 0 Å². The molecule has 0 radical (unpaired) electrons. The highest BCUT2D eigenvalue weighted by atomic mass is 19.2. The third-order valence-corrected chi connectivity index (χ3v) is 3.34. The fraction of sp³-hybridized carbons (Fsp3) is 0.375. The van der Waals surface area contributed by atoms with Crippen molar-refractivity contribution >= 4 is 0 Å². The van der Waals surface area contributed by atoms with Crippen molar-refractivity contribution in [3.8, 4) is 0 Å². The van der Waals surface area contributed by atoms with Crippen molar-refractivity contribution in [2.75, 3.05) is 6.54 Å². The van der Waals surface area contributed by atoms with Crippen molar-refractivity contribution < 1.29 is 13.2 Å². The first-order valence-electron chi connectivity index (χ1n) is 6.84. The summed E-state index contributed by atoms with van der Waals surface area (Å²) in [5, 5.41) is 3.14. The van der Waals surface area contributed by atoms with Crippen molar-refractivity contribution in [3.05, 3.63) is 58.5 Å². The lowest BCUT2D eigenvalue weighted by Gasteiger charge is -2.17. The van der Waals surface area contributed by atoms with Crippen LogP contribution in [0, 0.1) is 18.6 Å². The predicted molar refractivity (Wildman–Crippen MR) is 74.7 cm³/mol. The molecule has 4 heteroatoms. The second kappa shape index (κ2) is 6.18. The Hall–Kier alpha value is -1.68. The van der Waals surface area contributed by atoms with E-state index in [9.17, 15) is 8.78 Å². The second-order valence-electron chi connectivity index (χ2n) is 4.75. The van der Waals surface area contributed by atoms with Gasteiger partial charge in [0.15, 0.2) is 11.6 Å². The molecule has 0 aliphatic rings. The lowest BCUT2D eigenvalue weighted by Crippen LogP contribution is -2.23. The minimum absolute atomic E-state index is 0.270. The van der Waals surface area contributed by atoms with Crippen LogP contribution in [-0.4, -0.2) is 6.54 Å². The molecule has 1 heterocycles. The molecule has 20 heavy (non-hydrogen) atoms. The van der Waals surface area contributed by atoms with Crippen molar-refractivity contribution in [1.29, 1.82) is 0 Å². The number of rotatable bonds is 5. The number of benzene rings is 1. The van der Waals surface area contributed by atoms with Gasteiger partial charge < -0.3 is 9.73 Å². The van der Waals surface area contributed by atoms with Crippen LogP contribution in [0.15, 0.2) is 28.7 Å². The van der Waals surface area contributed by atoms with Crippen LogP contribution in [0.4, 0.5) is 8.78 Å². The smallest absolute Gasteiger partial charge is 0.164 e. The second-order valence-corrected chi connectivity index (χ2v) is 4.75. The molecule has 0 aliphatic heterocycles.